The van der Waals surface area contributed by atoms with Gasteiger partial charge in [-0.2, -0.15) is 0 Å². The van der Waals surface area contributed by atoms with Gasteiger partial charge in [-0.05, 0) is 17.9 Å². The molecule has 1 aromatic carbocycles. The van der Waals surface area contributed by atoms with Gasteiger partial charge in [0.25, 0.3) is 0 Å². The molecule has 0 spiro atoms. The third-order valence-corrected chi connectivity index (χ3v) is 3.36. The van der Waals surface area contributed by atoms with Crippen molar-refractivity contribution in [1.29, 1.82) is 0 Å². The second kappa shape index (κ2) is 3.15. The lowest BCUT2D eigenvalue weighted by Gasteiger charge is -2.13. The molecule has 1 nitrogen and oxygen atoms in total. The summed E-state index contributed by atoms with van der Waals surface area (Å²) in [6.45, 7) is 2.50. The van der Waals surface area contributed by atoms with E-state index in [9.17, 15) is 5.11 Å². The normalized spacial score (nSPS) is 31.7. The average molecular weight is 176 g/mol. The molecule has 70 valence electrons. The summed E-state index contributed by atoms with van der Waals surface area (Å²) in [5.41, 5.74) is 1.42. The molecule has 13 heavy (non-hydrogen) atoms. The zero-order valence-electron chi connectivity index (χ0n) is 8.03. The van der Waals surface area contributed by atoms with Gasteiger partial charge in [-0.3, -0.25) is 0 Å². The zero-order chi connectivity index (χ0) is 9.31. The van der Waals surface area contributed by atoms with Crippen LogP contribution < -0.4 is 0 Å². The summed E-state index contributed by atoms with van der Waals surface area (Å²) in [6, 6.07) is 10.4. The highest BCUT2D eigenvalue weighted by Crippen LogP contribution is 2.55. The van der Waals surface area contributed by atoms with E-state index in [4.69, 9.17) is 0 Å². The van der Waals surface area contributed by atoms with Crippen molar-refractivity contribution in [3.05, 3.63) is 35.9 Å². The first-order chi connectivity index (χ1) is 6.33. The molecule has 0 radical (unpaired) electrons. The van der Waals surface area contributed by atoms with Gasteiger partial charge in [0.15, 0.2) is 0 Å². The largest absolute Gasteiger partial charge is 0.395 e. The van der Waals surface area contributed by atoms with Crippen molar-refractivity contribution >= 4 is 0 Å². The van der Waals surface area contributed by atoms with Gasteiger partial charge in [-0.25, -0.2) is 0 Å². The van der Waals surface area contributed by atoms with Crippen molar-refractivity contribution in [2.75, 3.05) is 6.61 Å². The molecule has 0 bridgehead atoms. The molecule has 0 unspecified atom stereocenters. The first-order valence-corrected chi connectivity index (χ1v) is 5.00. The average Bonchev–Trinajstić information content (AvgIpc) is 2.94. The first-order valence-electron chi connectivity index (χ1n) is 5.00. The van der Waals surface area contributed by atoms with Crippen LogP contribution in [0, 0.1) is 5.92 Å². The van der Waals surface area contributed by atoms with E-state index < -0.39 is 0 Å². The van der Waals surface area contributed by atoms with E-state index >= 15 is 0 Å². The van der Waals surface area contributed by atoms with E-state index in [-0.39, 0.29) is 5.41 Å². The molecule has 0 aliphatic heterocycles. The van der Waals surface area contributed by atoms with Crippen molar-refractivity contribution in [3.63, 3.8) is 0 Å². The molecule has 1 aliphatic carbocycles. The summed E-state index contributed by atoms with van der Waals surface area (Å²) < 4.78 is 0. The Morgan fingerprint density at radius 1 is 1.38 bits per heavy atom. The molecule has 0 amide bonds. The van der Waals surface area contributed by atoms with Crippen LogP contribution in [0.5, 0.6) is 0 Å². The number of aliphatic hydroxyl groups excluding tert-OH is 1. The Labute approximate surface area is 79.4 Å². The number of hydrogen-bond donors (Lipinski definition) is 1. The molecule has 0 saturated heterocycles. The Morgan fingerprint density at radius 3 is 2.54 bits per heavy atom. The highest BCUT2D eigenvalue weighted by atomic mass is 16.3. The topological polar surface area (TPSA) is 20.2 Å². The van der Waals surface area contributed by atoms with E-state index in [0.29, 0.717) is 12.5 Å². The van der Waals surface area contributed by atoms with Crippen molar-refractivity contribution in [2.24, 2.45) is 5.92 Å². The molecule has 1 heteroatoms. The van der Waals surface area contributed by atoms with Crippen molar-refractivity contribution in [3.8, 4) is 0 Å². The Balaban J connectivity index is 2.25. The van der Waals surface area contributed by atoms with E-state index in [0.717, 1.165) is 6.42 Å². The van der Waals surface area contributed by atoms with Crippen molar-refractivity contribution < 1.29 is 5.11 Å². The molecular formula is C12H16O. The summed E-state index contributed by atoms with van der Waals surface area (Å²) >= 11 is 0. The smallest absolute Gasteiger partial charge is 0.0530 e. The van der Waals surface area contributed by atoms with Gasteiger partial charge in [-0.15, -0.1) is 0 Å². The monoisotopic (exact) mass is 176 g/mol. The van der Waals surface area contributed by atoms with Gasteiger partial charge in [-0.1, -0.05) is 43.7 Å². The highest BCUT2D eigenvalue weighted by molar-refractivity contribution is 5.33. The van der Waals surface area contributed by atoms with Crippen LogP contribution in [0.1, 0.15) is 25.3 Å². The van der Waals surface area contributed by atoms with Crippen LogP contribution in [-0.2, 0) is 5.41 Å². The fourth-order valence-electron chi connectivity index (χ4n) is 2.32. The van der Waals surface area contributed by atoms with Crippen LogP contribution in [0.2, 0.25) is 0 Å². The Morgan fingerprint density at radius 2 is 2.08 bits per heavy atom. The summed E-state index contributed by atoms with van der Waals surface area (Å²) in [7, 11) is 0. The second-order valence-electron chi connectivity index (χ2n) is 3.99. The summed E-state index contributed by atoms with van der Waals surface area (Å²) in [5.74, 6) is 0.694. The molecule has 1 saturated carbocycles. The predicted molar refractivity (Wildman–Crippen MR) is 53.6 cm³/mol. The molecule has 0 aromatic heterocycles. The van der Waals surface area contributed by atoms with Crippen LogP contribution in [0.4, 0.5) is 0 Å². The van der Waals surface area contributed by atoms with Gasteiger partial charge in [0, 0.05) is 5.41 Å². The number of benzene rings is 1. The fourth-order valence-corrected chi connectivity index (χ4v) is 2.32. The van der Waals surface area contributed by atoms with E-state index in [2.05, 4.69) is 31.2 Å². The van der Waals surface area contributed by atoms with Gasteiger partial charge in [0.1, 0.15) is 0 Å². The van der Waals surface area contributed by atoms with Gasteiger partial charge < -0.3 is 5.11 Å². The molecule has 2 atom stereocenters. The fraction of sp³-hybridized carbons (Fsp3) is 0.500. The first kappa shape index (κ1) is 8.76. The summed E-state index contributed by atoms with van der Waals surface area (Å²) in [5, 5.41) is 9.41. The van der Waals surface area contributed by atoms with Crippen LogP contribution in [0.25, 0.3) is 0 Å². The van der Waals surface area contributed by atoms with Crippen molar-refractivity contribution in [2.45, 2.75) is 25.2 Å². The third-order valence-electron chi connectivity index (χ3n) is 3.36. The molecule has 1 N–H and O–H groups in total. The molecule has 1 aliphatic rings. The Kier molecular flexibility index (Phi) is 2.12. The zero-order valence-corrected chi connectivity index (χ0v) is 8.03. The molecule has 2 rings (SSSR count). The van der Waals surface area contributed by atoms with Crippen LogP contribution in [-0.4, -0.2) is 11.7 Å². The lowest BCUT2D eigenvalue weighted by Crippen LogP contribution is -2.15. The minimum Gasteiger partial charge on any atom is -0.395 e. The number of hydrogen-bond acceptors (Lipinski definition) is 1. The van der Waals surface area contributed by atoms with Gasteiger partial charge >= 0.3 is 0 Å². The summed E-state index contributed by atoms with van der Waals surface area (Å²) in [6.07, 6.45) is 2.33. The van der Waals surface area contributed by atoms with E-state index in [1.807, 2.05) is 6.07 Å². The lowest BCUT2D eigenvalue weighted by molar-refractivity contribution is 0.244. The minimum atomic E-state index is 0.107. The quantitative estimate of drug-likeness (QED) is 0.749. The maximum absolute atomic E-state index is 9.41. The van der Waals surface area contributed by atoms with Gasteiger partial charge in [0.2, 0.25) is 0 Å². The van der Waals surface area contributed by atoms with E-state index in [1.165, 1.54) is 12.0 Å². The third kappa shape index (κ3) is 1.28. The molecule has 0 heterocycles. The maximum atomic E-state index is 9.41. The van der Waals surface area contributed by atoms with Crippen LogP contribution in [0.15, 0.2) is 30.3 Å². The number of rotatable bonds is 3. The molecule has 1 aromatic rings. The standard InChI is InChI=1S/C12H16O/c1-2-10-8-12(10,9-13)11-6-4-3-5-7-11/h3-7,10,13H,2,8-9H2,1H3/t10-,12+/m1/s1. The van der Waals surface area contributed by atoms with Crippen molar-refractivity contribution in [1.82, 2.24) is 0 Å². The Bertz CT molecular complexity index is 280. The second-order valence-corrected chi connectivity index (χ2v) is 3.99. The summed E-state index contributed by atoms with van der Waals surface area (Å²) in [4.78, 5) is 0. The predicted octanol–water partition coefficient (Wildman–Crippen LogP) is 2.35. The maximum Gasteiger partial charge on any atom is 0.0530 e. The minimum absolute atomic E-state index is 0.107. The molecule has 1 fully saturated rings. The molecular weight excluding hydrogens is 160 g/mol. The van der Waals surface area contributed by atoms with E-state index in [1.54, 1.807) is 0 Å². The SMILES string of the molecule is CC[C@@H]1C[C@@]1(CO)c1ccccc1. The Hall–Kier alpha value is -0.820. The van der Waals surface area contributed by atoms with Crippen LogP contribution >= 0.6 is 0 Å². The van der Waals surface area contributed by atoms with Crippen LogP contribution in [0.3, 0.4) is 0 Å². The highest BCUT2D eigenvalue weighted by Gasteiger charge is 2.53. The number of aliphatic hydroxyl groups is 1. The van der Waals surface area contributed by atoms with Gasteiger partial charge in [0.05, 0.1) is 6.61 Å². The lowest BCUT2D eigenvalue weighted by atomic mass is 9.93.